The van der Waals surface area contributed by atoms with Crippen molar-refractivity contribution in [1.29, 1.82) is 0 Å². The molecule has 0 bridgehead atoms. The minimum absolute atomic E-state index is 0.0849. The highest BCUT2D eigenvalue weighted by molar-refractivity contribution is 6.30. The highest BCUT2D eigenvalue weighted by atomic mass is 35.5. The number of hydrogen-bond donors (Lipinski definition) is 0. The molecule has 0 spiro atoms. The average Bonchev–Trinajstić information content (AvgIpc) is 2.88. The van der Waals surface area contributed by atoms with Gasteiger partial charge >= 0.3 is 0 Å². The third-order valence-corrected chi connectivity index (χ3v) is 4.47. The van der Waals surface area contributed by atoms with Crippen molar-refractivity contribution in [2.45, 2.75) is 13.5 Å². The minimum Gasteiger partial charge on any atom is -0.336 e. The van der Waals surface area contributed by atoms with Gasteiger partial charge in [-0.15, -0.1) is 0 Å². The maximum atomic E-state index is 12.6. The van der Waals surface area contributed by atoms with Gasteiger partial charge < -0.3 is 4.90 Å². The number of carbonyl (C=O) groups excluding carboxylic acids is 1. The van der Waals surface area contributed by atoms with E-state index < -0.39 is 0 Å². The normalized spacial score (nSPS) is 15.9. The summed E-state index contributed by atoms with van der Waals surface area (Å²) in [5.74, 6) is 0.0849. The summed E-state index contributed by atoms with van der Waals surface area (Å²) in [5.41, 5.74) is 2.75. The fourth-order valence-corrected chi connectivity index (χ4v) is 3.06. The Morgan fingerprint density at radius 1 is 1.17 bits per heavy atom. The number of nitrogens with zero attached hydrogens (tertiary/aromatic N) is 4. The van der Waals surface area contributed by atoms with E-state index in [2.05, 4.69) is 22.1 Å². The molecule has 1 saturated heterocycles. The molecule has 0 aliphatic carbocycles. The van der Waals surface area contributed by atoms with Crippen molar-refractivity contribution < 1.29 is 4.79 Å². The highest BCUT2D eigenvalue weighted by Gasteiger charge is 2.24. The van der Waals surface area contributed by atoms with Crippen molar-refractivity contribution in [2.75, 3.05) is 26.2 Å². The van der Waals surface area contributed by atoms with Crippen molar-refractivity contribution in [3.8, 4) is 0 Å². The second-order valence-electron chi connectivity index (χ2n) is 6.00. The van der Waals surface area contributed by atoms with Crippen LogP contribution in [0.1, 0.15) is 21.6 Å². The number of halogens is 1. The molecule has 122 valence electrons. The molecule has 0 saturated carbocycles. The minimum atomic E-state index is 0.0849. The summed E-state index contributed by atoms with van der Waals surface area (Å²) < 4.78 is 1.69. The lowest BCUT2D eigenvalue weighted by Crippen LogP contribution is -2.48. The zero-order valence-electron chi connectivity index (χ0n) is 13.5. The second-order valence-corrected chi connectivity index (χ2v) is 6.43. The molecule has 0 radical (unpaired) electrons. The van der Waals surface area contributed by atoms with E-state index in [1.54, 1.807) is 10.9 Å². The van der Waals surface area contributed by atoms with Crippen molar-refractivity contribution >= 4 is 17.5 Å². The molecule has 0 unspecified atom stereocenters. The van der Waals surface area contributed by atoms with E-state index in [0.717, 1.165) is 43.4 Å². The topological polar surface area (TPSA) is 41.4 Å². The lowest BCUT2D eigenvalue weighted by molar-refractivity contribution is 0.0627. The van der Waals surface area contributed by atoms with Gasteiger partial charge in [-0.3, -0.25) is 14.4 Å². The Hall–Kier alpha value is -1.85. The Bertz CT molecular complexity index is 687. The van der Waals surface area contributed by atoms with Crippen LogP contribution in [0, 0.1) is 6.92 Å². The molecule has 3 rings (SSSR count). The summed E-state index contributed by atoms with van der Waals surface area (Å²) in [4.78, 5) is 16.9. The van der Waals surface area contributed by atoms with Crippen LogP contribution in [-0.2, 0) is 13.6 Å². The van der Waals surface area contributed by atoms with E-state index in [1.165, 1.54) is 5.56 Å². The van der Waals surface area contributed by atoms with Gasteiger partial charge in [-0.25, -0.2) is 0 Å². The van der Waals surface area contributed by atoms with Crippen LogP contribution in [-0.4, -0.2) is 51.7 Å². The van der Waals surface area contributed by atoms with Gasteiger partial charge in [0.15, 0.2) is 0 Å². The largest absolute Gasteiger partial charge is 0.336 e. The van der Waals surface area contributed by atoms with Crippen LogP contribution in [0.4, 0.5) is 0 Å². The molecule has 6 heteroatoms. The molecule has 1 aromatic heterocycles. The van der Waals surface area contributed by atoms with Crippen molar-refractivity contribution in [3.63, 3.8) is 0 Å². The first kappa shape index (κ1) is 16.0. The van der Waals surface area contributed by atoms with Crippen molar-refractivity contribution in [1.82, 2.24) is 19.6 Å². The van der Waals surface area contributed by atoms with E-state index in [-0.39, 0.29) is 5.91 Å². The van der Waals surface area contributed by atoms with E-state index in [4.69, 9.17) is 11.6 Å². The predicted octanol–water partition coefficient (Wildman–Crippen LogP) is 2.34. The maximum absolute atomic E-state index is 12.6. The molecular weight excluding hydrogens is 312 g/mol. The number of aromatic nitrogens is 2. The molecule has 0 atom stereocenters. The molecule has 2 heterocycles. The molecule has 2 aromatic rings. The second kappa shape index (κ2) is 6.72. The van der Waals surface area contributed by atoms with Crippen LogP contribution in [0.2, 0.25) is 5.02 Å². The van der Waals surface area contributed by atoms with Gasteiger partial charge in [0.2, 0.25) is 0 Å². The molecule has 5 nitrogen and oxygen atoms in total. The lowest BCUT2D eigenvalue weighted by Gasteiger charge is -2.34. The van der Waals surface area contributed by atoms with E-state index in [9.17, 15) is 4.79 Å². The van der Waals surface area contributed by atoms with Crippen molar-refractivity contribution in [2.24, 2.45) is 7.05 Å². The SMILES string of the molecule is Cc1nn(C)cc1C(=O)N1CCN(Cc2ccc(Cl)cc2)CC1. The predicted molar refractivity (Wildman–Crippen MR) is 90.6 cm³/mol. The van der Waals surface area contributed by atoms with Crippen LogP contribution in [0.3, 0.4) is 0 Å². The van der Waals surface area contributed by atoms with Crippen LogP contribution in [0.15, 0.2) is 30.5 Å². The number of carbonyl (C=O) groups is 1. The van der Waals surface area contributed by atoms with Gasteiger partial charge in [-0.1, -0.05) is 23.7 Å². The third kappa shape index (κ3) is 3.74. The molecule has 1 amide bonds. The Morgan fingerprint density at radius 2 is 1.83 bits per heavy atom. The molecule has 0 N–H and O–H groups in total. The average molecular weight is 333 g/mol. The van der Waals surface area contributed by atoms with Crippen LogP contribution >= 0.6 is 11.6 Å². The lowest BCUT2D eigenvalue weighted by atomic mass is 10.2. The fraction of sp³-hybridized carbons (Fsp3) is 0.412. The standard InChI is InChI=1S/C17H21ClN4O/c1-13-16(12-20(2)19-13)17(23)22-9-7-21(8-10-22)11-14-3-5-15(18)6-4-14/h3-6,12H,7-11H2,1-2H3. The Balaban J connectivity index is 1.57. The molecular formula is C17H21ClN4O. The molecule has 1 fully saturated rings. The molecule has 23 heavy (non-hydrogen) atoms. The van der Waals surface area contributed by atoms with Gasteiger partial charge in [0, 0.05) is 51.0 Å². The summed E-state index contributed by atoms with van der Waals surface area (Å²) in [5, 5.41) is 5.01. The number of piperazine rings is 1. The highest BCUT2D eigenvalue weighted by Crippen LogP contribution is 2.15. The van der Waals surface area contributed by atoms with Gasteiger partial charge in [-0.2, -0.15) is 5.10 Å². The van der Waals surface area contributed by atoms with Gasteiger partial charge in [0.1, 0.15) is 0 Å². The number of amides is 1. The van der Waals surface area contributed by atoms with Gasteiger partial charge in [0.05, 0.1) is 11.3 Å². The van der Waals surface area contributed by atoms with Crippen molar-refractivity contribution in [3.05, 3.63) is 52.3 Å². The van der Waals surface area contributed by atoms with Gasteiger partial charge in [-0.05, 0) is 24.6 Å². The number of benzene rings is 1. The first-order chi connectivity index (χ1) is 11.0. The number of aryl methyl sites for hydroxylation is 2. The van der Waals surface area contributed by atoms with Crippen LogP contribution in [0.25, 0.3) is 0 Å². The summed E-state index contributed by atoms with van der Waals surface area (Å²) in [6.07, 6.45) is 1.80. The number of hydrogen-bond acceptors (Lipinski definition) is 3. The number of rotatable bonds is 3. The van der Waals surface area contributed by atoms with E-state index >= 15 is 0 Å². The molecule has 1 aliphatic rings. The summed E-state index contributed by atoms with van der Waals surface area (Å²) in [7, 11) is 1.84. The first-order valence-electron chi connectivity index (χ1n) is 7.79. The molecule has 1 aliphatic heterocycles. The Morgan fingerprint density at radius 3 is 2.39 bits per heavy atom. The summed E-state index contributed by atoms with van der Waals surface area (Å²) in [6, 6.07) is 7.95. The monoisotopic (exact) mass is 332 g/mol. The molecule has 1 aromatic carbocycles. The quantitative estimate of drug-likeness (QED) is 0.866. The Labute approximate surface area is 141 Å². The smallest absolute Gasteiger partial charge is 0.257 e. The first-order valence-corrected chi connectivity index (χ1v) is 8.17. The zero-order valence-corrected chi connectivity index (χ0v) is 14.3. The van der Waals surface area contributed by atoms with Crippen LogP contribution < -0.4 is 0 Å². The van der Waals surface area contributed by atoms with Crippen LogP contribution in [0.5, 0.6) is 0 Å². The summed E-state index contributed by atoms with van der Waals surface area (Å²) >= 11 is 5.92. The summed E-state index contributed by atoms with van der Waals surface area (Å²) in [6.45, 7) is 6.04. The zero-order chi connectivity index (χ0) is 16.4. The third-order valence-electron chi connectivity index (χ3n) is 4.22. The fourth-order valence-electron chi connectivity index (χ4n) is 2.94. The van der Waals surface area contributed by atoms with Gasteiger partial charge in [0.25, 0.3) is 5.91 Å². The van der Waals surface area contributed by atoms with E-state index in [1.807, 2.05) is 31.0 Å². The Kier molecular flexibility index (Phi) is 4.68. The maximum Gasteiger partial charge on any atom is 0.257 e. The van der Waals surface area contributed by atoms with E-state index in [0.29, 0.717) is 5.56 Å².